The molecule has 9 nitrogen and oxygen atoms in total. The number of carboxylic acid groups (broad SMARTS) is 1. The van der Waals surface area contributed by atoms with Crippen molar-refractivity contribution in [1.82, 2.24) is 15.3 Å². The van der Waals surface area contributed by atoms with E-state index in [-0.39, 0.29) is 18.9 Å². The van der Waals surface area contributed by atoms with Crippen molar-refractivity contribution >= 4 is 17.8 Å². The Labute approximate surface area is 102 Å². The van der Waals surface area contributed by atoms with Crippen LogP contribution in [0.5, 0.6) is 0 Å². The Kier molecular flexibility index (Phi) is 4.67. The van der Waals surface area contributed by atoms with Gasteiger partial charge in [-0.2, -0.15) is 0 Å². The van der Waals surface area contributed by atoms with Crippen molar-refractivity contribution in [3.05, 3.63) is 18.2 Å². The maximum Gasteiger partial charge on any atom is 0.326 e. The number of aliphatic imine (C=N–C) groups is 1. The predicted molar refractivity (Wildman–Crippen MR) is 62.5 cm³/mol. The Morgan fingerprint density at radius 3 is 2.78 bits per heavy atom. The molecule has 18 heavy (non-hydrogen) atoms. The molecule has 0 aromatic carbocycles. The van der Waals surface area contributed by atoms with E-state index in [0.29, 0.717) is 5.69 Å². The molecule has 0 aliphatic carbocycles. The molecule has 98 valence electrons. The molecule has 7 N–H and O–H groups in total. The number of aromatic nitrogens is 2. The molecule has 1 amide bonds. The lowest BCUT2D eigenvalue weighted by molar-refractivity contribution is -0.141. The molecule has 1 aromatic rings. The number of carbonyl (C=O) groups excluding carboxylic acids is 1. The third-order valence-electron chi connectivity index (χ3n) is 2.02. The first kappa shape index (κ1) is 13.5. The Morgan fingerprint density at radius 1 is 1.56 bits per heavy atom. The number of rotatable bonds is 6. The lowest BCUT2D eigenvalue weighted by Gasteiger charge is -2.12. The van der Waals surface area contributed by atoms with Crippen LogP contribution in [0.15, 0.2) is 17.5 Å². The van der Waals surface area contributed by atoms with Crippen LogP contribution in [0.3, 0.4) is 0 Å². The standard InChI is InChI=1S/C9H14N6O3/c10-9(11)13-3-7(16)15-6(8(17)18)1-5-2-12-4-14-5/h2,4,6H,1,3H2,(H,12,14)(H,15,16)(H,17,18)(H4,10,11,13)/t6-/m0/s1. The zero-order valence-corrected chi connectivity index (χ0v) is 9.46. The number of aliphatic carboxylic acids is 1. The minimum absolute atomic E-state index is 0.100. The molecule has 0 aliphatic heterocycles. The van der Waals surface area contributed by atoms with Gasteiger partial charge in [0, 0.05) is 18.3 Å². The maximum atomic E-state index is 11.4. The highest BCUT2D eigenvalue weighted by molar-refractivity contribution is 5.86. The van der Waals surface area contributed by atoms with Gasteiger partial charge in [-0.3, -0.25) is 4.79 Å². The Hall–Kier alpha value is -2.58. The lowest BCUT2D eigenvalue weighted by Crippen LogP contribution is -2.43. The van der Waals surface area contributed by atoms with Crippen molar-refractivity contribution in [1.29, 1.82) is 0 Å². The highest BCUT2D eigenvalue weighted by Gasteiger charge is 2.20. The summed E-state index contributed by atoms with van der Waals surface area (Å²) in [5.74, 6) is -1.96. The quantitative estimate of drug-likeness (QED) is 0.286. The molecule has 1 heterocycles. The van der Waals surface area contributed by atoms with Crippen molar-refractivity contribution in [2.75, 3.05) is 6.54 Å². The van der Waals surface area contributed by atoms with Crippen LogP contribution in [-0.4, -0.2) is 45.5 Å². The molecular formula is C9H14N6O3. The molecule has 0 bridgehead atoms. The van der Waals surface area contributed by atoms with Gasteiger partial charge < -0.3 is 26.9 Å². The fraction of sp³-hybridized carbons (Fsp3) is 0.333. The summed E-state index contributed by atoms with van der Waals surface area (Å²) in [5, 5.41) is 11.3. The summed E-state index contributed by atoms with van der Waals surface area (Å²) in [6.45, 7) is -0.310. The predicted octanol–water partition coefficient (Wildman–Crippen LogP) is -2.20. The van der Waals surface area contributed by atoms with Crippen LogP contribution in [0.25, 0.3) is 0 Å². The number of nitrogens with two attached hydrogens (primary N) is 2. The fourth-order valence-electron chi connectivity index (χ4n) is 1.22. The Morgan fingerprint density at radius 2 is 2.28 bits per heavy atom. The van der Waals surface area contributed by atoms with Gasteiger partial charge in [0.05, 0.1) is 6.33 Å². The van der Waals surface area contributed by atoms with Crippen molar-refractivity contribution in [3.8, 4) is 0 Å². The van der Waals surface area contributed by atoms with Crippen molar-refractivity contribution in [3.63, 3.8) is 0 Å². The summed E-state index contributed by atoms with van der Waals surface area (Å²) in [5.41, 5.74) is 10.7. The number of carboxylic acids is 1. The van der Waals surface area contributed by atoms with E-state index in [9.17, 15) is 9.59 Å². The molecule has 1 aromatic heterocycles. The number of nitrogens with one attached hydrogen (secondary N) is 2. The second-order valence-electron chi connectivity index (χ2n) is 3.48. The summed E-state index contributed by atoms with van der Waals surface area (Å²) in [4.78, 5) is 32.3. The van der Waals surface area contributed by atoms with E-state index in [4.69, 9.17) is 16.6 Å². The van der Waals surface area contributed by atoms with Gasteiger partial charge in [0.2, 0.25) is 5.91 Å². The van der Waals surface area contributed by atoms with Crippen LogP contribution in [0.4, 0.5) is 0 Å². The number of H-pyrrole nitrogens is 1. The van der Waals surface area contributed by atoms with Gasteiger partial charge in [0.15, 0.2) is 5.96 Å². The third kappa shape index (κ3) is 4.51. The second kappa shape index (κ2) is 6.23. The van der Waals surface area contributed by atoms with E-state index in [1.807, 2.05) is 0 Å². The molecule has 0 aliphatic rings. The molecular weight excluding hydrogens is 240 g/mol. The zero-order chi connectivity index (χ0) is 13.5. The van der Waals surface area contributed by atoms with Gasteiger partial charge in [-0.1, -0.05) is 0 Å². The topological polar surface area (TPSA) is 159 Å². The average Bonchev–Trinajstić information content (AvgIpc) is 2.78. The summed E-state index contributed by atoms with van der Waals surface area (Å²) >= 11 is 0. The molecule has 0 radical (unpaired) electrons. The molecule has 9 heteroatoms. The smallest absolute Gasteiger partial charge is 0.326 e. The first-order chi connectivity index (χ1) is 8.49. The number of hydrogen-bond acceptors (Lipinski definition) is 4. The highest BCUT2D eigenvalue weighted by atomic mass is 16.4. The van der Waals surface area contributed by atoms with Crippen molar-refractivity contribution < 1.29 is 14.7 Å². The van der Waals surface area contributed by atoms with Crippen LogP contribution in [0.1, 0.15) is 5.69 Å². The number of carbonyl (C=O) groups is 2. The van der Waals surface area contributed by atoms with E-state index in [1.54, 1.807) is 0 Å². The summed E-state index contributed by atoms with van der Waals surface area (Å²) in [6, 6.07) is -1.06. The second-order valence-corrected chi connectivity index (χ2v) is 3.48. The van der Waals surface area contributed by atoms with Gasteiger partial charge >= 0.3 is 5.97 Å². The van der Waals surface area contributed by atoms with Gasteiger partial charge in [0.25, 0.3) is 0 Å². The van der Waals surface area contributed by atoms with Crippen LogP contribution in [0.2, 0.25) is 0 Å². The number of imidazole rings is 1. The monoisotopic (exact) mass is 254 g/mol. The van der Waals surface area contributed by atoms with E-state index < -0.39 is 17.9 Å². The van der Waals surface area contributed by atoms with Crippen LogP contribution >= 0.6 is 0 Å². The molecule has 0 spiro atoms. The number of hydrogen-bond donors (Lipinski definition) is 5. The van der Waals surface area contributed by atoms with E-state index >= 15 is 0 Å². The van der Waals surface area contributed by atoms with Crippen molar-refractivity contribution in [2.24, 2.45) is 16.5 Å². The highest BCUT2D eigenvalue weighted by Crippen LogP contribution is 1.98. The first-order valence-electron chi connectivity index (χ1n) is 5.04. The maximum absolute atomic E-state index is 11.4. The summed E-state index contributed by atoms with van der Waals surface area (Å²) in [7, 11) is 0. The summed E-state index contributed by atoms with van der Waals surface area (Å²) < 4.78 is 0. The van der Waals surface area contributed by atoms with Crippen LogP contribution in [-0.2, 0) is 16.0 Å². The minimum Gasteiger partial charge on any atom is -0.480 e. The van der Waals surface area contributed by atoms with Gasteiger partial charge in [-0.05, 0) is 0 Å². The van der Waals surface area contributed by atoms with Crippen molar-refractivity contribution in [2.45, 2.75) is 12.5 Å². The van der Waals surface area contributed by atoms with Crippen LogP contribution < -0.4 is 16.8 Å². The minimum atomic E-state index is -1.15. The molecule has 0 unspecified atom stereocenters. The van der Waals surface area contributed by atoms with Crippen LogP contribution in [0, 0.1) is 0 Å². The van der Waals surface area contributed by atoms with E-state index in [2.05, 4.69) is 20.3 Å². The van der Waals surface area contributed by atoms with Gasteiger partial charge in [-0.25, -0.2) is 14.8 Å². The number of aromatic amines is 1. The fourth-order valence-corrected chi connectivity index (χ4v) is 1.22. The lowest BCUT2D eigenvalue weighted by atomic mass is 10.1. The molecule has 0 saturated heterocycles. The van der Waals surface area contributed by atoms with Gasteiger partial charge in [-0.15, -0.1) is 0 Å². The van der Waals surface area contributed by atoms with E-state index in [1.165, 1.54) is 12.5 Å². The molecule has 0 fully saturated rings. The molecule has 1 atom stereocenters. The molecule has 1 rings (SSSR count). The normalized spacial score (nSPS) is 11.6. The SMILES string of the molecule is NC(N)=NCC(=O)N[C@@H](Cc1cnc[nH]1)C(=O)O. The number of nitrogens with zero attached hydrogens (tertiary/aromatic N) is 2. The number of guanidine groups is 1. The third-order valence-corrected chi connectivity index (χ3v) is 2.02. The zero-order valence-electron chi connectivity index (χ0n) is 9.46. The first-order valence-corrected chi connectivity index (χ1v) is 5.04. The average molecular weight is 254 g/mol. The Bertz CT molecular complexity index is 437. The van der Waals surface area contributed by atoms with E-state index in [0.717, 1.165) is 0 Å². The summed E-state index contributed by atoms with van der Waals surface area (Å²) in [6.07, 6.45) is 3.01. The molecule has 0 saturated carbocycles. The largest absolute Gasteiger partial charge is 0.480 e. The van der Waals surface area contributed by atoms with Gasteiger partial charge in [0.1, 0.15) is 12.6 Å². The number of amides is 1. The Balaban J connectivity index is 2.55.